The molecule has 6 heteroatoms. The Hall–Kier alpha value is -3.64. The standard InChI is InChI=1S/C28H33N3O3/c1-3-19(2)25(27(30)33)31(28(34)24(29)18-20-14-16-23(32)17-15-20)26(21-10-6-4-7-11-21)22-12-8-5-9-13-22/h4-17,19,24-26,32H,3,18,29H2,1-2H3,(H2,30,33). The van der Waals surface area contributed by atoms with Crippen molar-refractivity contribution in [1.29, 1.82) is 0 Å². The van der Waals surface area contributed by atoms with Crippen molar-refractivity contribution in [3.63, 3.8) is 0 Å². The normalized spacial score (nSPS) is 13.8. The largest absolute Gasteiger partial charge is 0.508 e. The summed E-state index contributed by atoms with van der Waals surface area (Å²) in [7, 11) is 0. The second-order valence-electron chi connectivity index (χ2n) is 8.68. The first-order chi connectivity index (χ1) is 16.3. The Morgan fingerprint density at radius 1 is 0.882 bits per heavy atom. The third kappa shape index (κ3) is 5.83. The number of aromatic hydroxyl groups is 1. The first-order valence-electron chi connectivity index (χ1n) is 11.6. The lowest BCUT2D eigenvalue weighted by Gasteiger charge is -2.41. The SMILES string of the molecule is CCC(C)C(C(N)=O)N(C(=O)C(N)Cc1ccc(O)cc1)C(c1ccccc1)c1ccccc1. The summed E-state index contributed by atoms with van der Waals surface area (Å²) in [5, 5.41) is 9.58. The molecule has 3 rings (SSSR count). The number of nitrogens with zero attached hydrogens (tertiary/aromatic N) is 1. The lowest BCUT2D eigenvalue weighted by atomic mass is 9.89. The summed E-state index contributed by atoms with van der Waals surface area (Å²) in [6, 6.07) is 23.6. The van der Waals surface area contributed by atoms with Gasteiger partial charge in [-0.25, -0.2) is 0 Å². The van der Waals surface area contributed by atoms with Crippen molar-refractivity contribution in [1.82, 2.24) is 4.90 Å². The number of rotatable bonds is 10. The molecule has 0 spiro atoms. The highest BCUT2D eigenvalue weighted by Gasteiger charge is 2.40. The number of phenols is 1. The van der Waals surface area contributed by atoms with E-state index in [1.807, 2.05) is 74.5 Å². The van der Waals surface area contributed by atoms with Crippen molar-refractivity contribution < 1.29 is 14.7 Å². The fraction of sp³-hybridized carbons (Fsp3) is 0.286. The lowest BCUT2D eigenvalue weighted by Crippen LogP contribution is -2.57. The van der Waals surface area contributed by atoms with Gasteiger partial charge in [0.1, 0.15) is 11.8 Å². The number of carbonyl (C=O) groups is 2. The van der Waals surface area contributed by atoms with Crippen molar-refractivity contribution in [2.24, 2.45) is 17.4 Å². The van der Waals surface area contributed by atoms with E-state index in [-0.39, 0.29) is 24.0 Å². The average Bonchev–Trinajstić information content (AvgIpc) is 2.85. The number of benzene rings is 3. The fourth-order valence-electron chi connectivity index (χ4n) is 4.29. The Morgan fingerprint density at radius 3 is 1.82 bits per heavy atom. The minimum absolute atomic E-state index is 0.143. The van der Waals surface area contributed by atoms with Crippen LogP contribution in [0.25, 0.3) is 0 Å². The van der Waals surface area contributed by atoms with Gasteiger partial charge >= 0.3 is 0 Å². The molecule has 3 atom stereocenters. The molecule has 6 nitrogen and oxygen atoms in total. The first kappa shape index (κ1) is 25.0. The van der Waals surface area contributed by atoms with Crippen LogP contribution in [0.4, 0.5) is 0 Å². The molecule has 0 aliphatic carbocycles. The molecular weight excluding hydrogens is 426 g/mol. The van der Waals surface area contributed by atoms with E-state index in [1.165, 1.54) is 0 Å². The second kappa shape index (κ2) is 11.5. The van der Waals surface area contributed by atoms with Gasteiger partial charge in [-0.15, -0.1) is 0 Å². The number of hydrogen-bond donors (Lipinski definition) is 3. The minimum atomic E-state index is -0.898. The summed E-state index contributed by atoms with van der Waals surface area (Å²) < 4.78 is 0. The van der Waals surface area contributed by atoms with E-state index < -0.39 is 24.0 Å². The molecule has 0 bridgehead atoms. The van der Waals surface area contributed by atoms with Crippen molar-refractivity contribution >= 4 is 11.8 Å². The Bertz CT molecular complexity index is 1030. The molecule has 2 amide bonds. The van der Waals surface area contributed by atoms with Gasteiger partial charge in [0.25, 0.3) is 0 Å². The highest BCUT2D eigenvalue weighted by molar-refractivity contribution is 5.90. The van der Waals surface area contributed by atoms with Gasteiger partial charge in [0, 0.05) is 0 Å². The van der Waals surface area contributed by atoms with E-state index in [9.17, 15) is 14.7 Å². The van der Waals surface area contributed by atoms with Crippen molar-refractivity contribution in [3.05, 3.63) is 102 Å². The molecule has 3 aromatic carbocycles. The monoisotopic (exact) mass is 459 g/mol. The van der Waals surface area contributed by atoms with Crippen LogP contribution < -0.4 is 11.5 Å². The molecule has 5 N–H and O–H groups in total. The molecular formula is C28H33N3O3. The summed E-state index contributed by atoms with van der Waals surface area (Å²) >= 11 is 0. The maximum atomic E-state index is 14.0. The van der Waals surface area contributed by atoms with Gasteiger partial charge in [0.15, 0.2) is 0 Å². The molecule has 0 heterocycles. The molecule has 0 saturated carbocycles. The average molecular weight is 460 g/mol. The third-order valence-corrected chi connectivity index (χ3v) is 6.25. The van der Waals surface area contributed by atoms with Gasteiger partial charge in [-0.05, 0) is 41.2 Å². The van der Waals surface area contributed by atoms with Crippen LogP contribution in [0, 0.1) is 5.92 Å². The number of phenolic OH excluding ortho intramolecular Hbond substituents is 1. The van der Waals surface area contributed by atoms with E-state index in [4.69, 9.17) is 11.5 Å². The Balaban J connectivity index is 2.11. The van der Waals surface area contributed by atoms with Gasteiger partial charge in [-0.2, -0.15) is 0 Å². The zero-order valence-electron chi connectivity index (χ0n) is 19.7. The molecule has 0 aliphatic heterocycles. The van der Waals surface area contributed by atoms with Gasteiger partial charge in [0.2, 0.25) is 11.8 Å². The molecule has 0 aromatic heterocycles. The zero-order valence-corrected chi connectivity index (χ0v) is 19.7. The van der Waals surface area contributed by atoms with Crippen LogP contribution in [-0.4, -0.2) is 33.9 Å². The van der Waals surface area contributed by atoms with Crippen LogP contribution in [0.15, 0.2) is 84.9 Å². The van der Waals surface area contributed by atoms with E-state index in [2.05, 4.69) is 0 Å². The van der Waals surface area contributed by atoms with E-state index in [1.54, 1.807) is 29.2 Å². The first-order valence-corrected chi connectivity index (χ1v) is 11.6. The van der Waals surface area contributed by atoms with Gasteiger partial charge in [-0.3, -0.25) is 9.59 Å². The summed E-state index contributed by atoms with van der Waals surface area (Å²) in [5.74, 6) is -0.937. The smallest absolute Gasteiger partial charge is 0.241 e. The lowest BCUT2D eigenvalue weighted by molar-refractivity contribution is -0.144. The Labute approximate surface area is 201 Å². The van der Waals surface area contributed by atoms with Crippen LogP contribution >= 0.6 is 0 Å². The fourth-order valence-corrected chi connectivity index (χ4v) is 4.29. The van der Waals surface area contributed by atoms with E-state index in [0.717, 1.165) is 16.7 Å². The zero-order chi connectivity index (χ0) is 24.7. The predicted octanol–water partition coefficient (Wildman–Crippen LogP) is 3.78. The molecule has 178 valence electrons. The predicted molar refractivity (Wildman–Crippen MR) is 134 cm³/mol. The molecule has 0 fully saturated rings. The van der Waals surface area contributed by atoms with Crippen LogP contribution in [-0.2, 0) is 16.0 Å². The van der Waals surface area contributed by atoms with Crippen molar-refractivity contribution in [2.75, 3.05) is 0 Å². The maximum Gasteiger partial charge on any atom is 0.241 e. The van der Waals surface area contributed by atoms with Crippen molar-refractivity contribution in [2.45, 2.75) is 44.8 Å². The Kier molecular flexibility index (Phi) is 8.44. The van der Waals surface area contributed by atoms with Crippen LogP contribution in [0.1, 0.15) is 43.0 Å². The topological polar surface area (TPSA) is 110 Å². The summed E-state index contributed by atoms with van der Waals surface area (Å²) in [5.41, 5.74) is 14.9. The molecule has 0 saturated heterocycles. The molecule has 0 radical (unpaired) electrons. The maximum absolute atomic E-state index is 14.0. The highest BCUT2D eigenvalue weighted by atomic mass is 16.3. The number of nitrogens with two attached hydrogens (primary N) is 2. The van der Waals surface area contributed by atoms with Gasteiger partial charge < -0.3 is 21.5 Å². The highest BCUT2D eigenvalue weighted by Crippen LogP contribution is 2.33. The molecule has 34 heavy (non-hydrogen) atoms. The van der Waals surface area contributed by atoms with Gasteiger partial charge in [0.05, 0.1) is 12.1 Å². The van der Waals surface area contributed by atoms with Crippen LogP contribution in [0.2, 0.25) is 0 Å². The third-order valence-electron chi connectivity index (χ3n) is 6.25. The molecule has 3 unspecified atom stereocenters. The van der Waals surface area contributed by atoms with Crippen LogP contribution in [0.3, 0.4) is 0 Å². The number of carbonyl (C=O) groups excluding carboxylic acids is 2. The summed E-state index contributed by atoms with van der Waals surface area (Å²) in [6.45, 7) is 3.90. The Morgan fingerprint density at radius 2 is 1.38 bits per heavy atom. The quantitative estimate of drug-likeness (QED) is 0.429. The van der Waals surface area contributed by atoms with Crippen LogP contribution in [0.5, 0.6) is 5.75 Å². The molecule has 3 aromatic rings. The second-order valence-corrected chi connectivity index (χ2v) is 8.68. The van der Waals surface area contributed by atoms with E-state index in [0.29, 0.717) is 6.42 Å². The minimum Gasteiger partial charge on any atom is -0.508 e. The molecule has 0 aliphatic rings. The van der Waals surface area contributed by atoms with Gasteiger partial charge in [-0.1, -0.05) is 93.1 Å². The number of primary amides is 1. The van der Waals surface area contributed by atoms with Crippen molar-refractivity contribution in [3.8, 4) is 5.75 Å². The summed E-state index contributed by atoms with van der Waals surface area (Å²) in [4.78, 5) is 28.4. The van der Waals surface area contributed by atoms with E-state index >= 15 is 0 Å². The number of amides is 2. The number of hydrogen-bond acceptors (Lipinski definition) is 4. The summed E-state index contributed by atoms with van der Waals surface area (Å²) in [6.07, 6.45) is 0.929.